The maximum atomic E-state index is 12.3. The van der Waals surface area contributed by atoms with E-state index in [0.717, 1.165) is 18.6 Å². The molecule has 2 aromatic rings. The molecule has 106 valence electrons. The van der Waals surface area contributed by atoms with E-state index in [1.165, 1.54) is 6.42 Å². The molecule has 1 amide bonds. The van der Waals surface area contributed by atoms with Gasteiger partial charge in [-0.1, -0.05) is 6.92 Å². The first-order valence-corrected chi connectivity index (χ1v) is 7.02. The van der Waals surface area contributed by atoms with Crippen LogP contribution in [0.2, 0.25) is 0 Å². The highest BCUT2D eigenvalue weighted by molar-refractivity contribution is 6.00. The molecular weight excluding hydrogens is 254 g/mol. The molecule has 0 aliphatic carbocycles. The Morgan fingerprint density at radius 1 is 1.55 bits per heavy atom. The Balaban J connectivity index is 1.67. The van der Waals surface area contributed by atoms with Crippen molar-refractivity contribution in [3.8, 4) is 0 Å². The van der Waals surface area contributed by atoms with E-state index in [9.17, 15) is 4.79 Å². The summed E-state index contributed by atoms with van der Waals surface area (Å²) in [7, 11) is 0. The highest BCUT2D eigenvalue weighted by Gasteiger charge is 2.22. The molecule has 2 aromatic heterocycles. The van der Waals surface area contributed by atoms with E-state index >= 15 is 0 Å². The Morgan fingerprint density at radius 3 is 3.30 bits per heavy atom. The number of nitrogens with zero attached hydrogens (tertiary/aromatic N) is 3. The molecule has 20 heavy (non-hydrogen) atoms. The molecule has 1 fully saturated rings. The summed E-state index contributed by atoms with van der Waals surface area (Å²) in [5.74, 6) is 1.06. The summed E-state index contributed by atoms with van der Waals surface area (Å²) in [4.78, 5) is 16.3. The molecule has 0 aromatic carbocycles. The number of hydrogen-bond donors (Lipinski definition) is 2. The minimum Gasteiger partial charge on any atom is -0.352 e. The highest BCUT2D eigenvalue weighted by atomic mass is 16.1. The van der Waals surface area contributed by atoms with E-state index < -0.39 is 0 Å². The van der Waals surface area contributed by atoms with Crippen molar-refractivity contribution in [2.24, 2.45) is 11.8 Å². The van der Waals surface area contributed by atoms with Gasteiger partial charge in [0, 0.05) is 18.9 Å². The predicted molar refractivity (Wildman–Crippen MR) is 75.5 cm³/mol. The van der Waals surface area contributed by atoms with Crippen LogP contribution in [0.1, 0.15) is 23.7 Å². The lowest BCUT2D eigenvalue weighted by Crippen LogP contribution is -2.42. The monoisotopic (exact) mass is 273 g/mol. The second-order valence-electron chi connectivity index (χ2n) is 5.40. The van der Waals surface area contributed by atoms with Crippen LogP contribution in [0.25, 0.3) is 5.52 Å². The predicted octanol–water partition coefficient (Wildman–Crippen LogP) is 0.705. The summed E-state index contributed by atoms with van der Waals surface area (Å²) >= 11 is 0. The second-order valence-corrected chi connectivity index (χ2v) is 5.40. The van der Waals surface area contributed by atoms with Crippen LogP contribution in [0, 0.1) is 11.8 Å². The van der Waals surface area contributed by atoms with Crippen molar-refractivity contribution in [1.82, 2.24) is 25.2 Å². The smallest absolute Gasteiger partial charge is 0.255 e. The summed E-state index contributed by atoms with van der Waals surface area (Å²) in [6.45, 7) is 4.99. The first-order valence-electron chi connectivity index (χ1n) is 7.02. The van der Waals surface area contributed by atoms with E-state index in [2.05, 4.69) is 27.6 Å². The second kappa shape index (κ2) is 5.58. The molecule has 0 bridgehead atoms. The van der Waals surface area contributed by atoms with Gasteiger partial charge in [0.25, 0.3) is 5.91 Å². The molecule has 2 unspecified atom stereocenters. The lowest BCUT2D eigenvalue weighted by molar-refractivity contribution is 0.0940. The van der Waals surface area contributed by atoms with Gasteiger partial charge in [0.05, 0.1) is 23.5 Å². The standard InChI is InChI=1S/C14H19N5O/c1-10-2-3-15-6-11(10)7-17-14(20)12-8-18-19-5-4-16-9-13(12)19/h4-5,8-11,15H,2-3,6-7H2,1H3,(H,17,20). The van der Waals surface area contributed by atoms with Crippen LogP contribution in [-0.2, 0) is 0 Å². The van der Waals surface area contributed by atoms with Gasteiger partial charge in [-0.3, -0.25) is 9.78 Å². The van der Waals surface area contributed by atoms with Crippen molar-refractivity contribution in [1.29, 1.82) is 0 Å². The number of nitrogens with one attached hydrogen (secondary N) is 2. The maximum Gasteiger partial charge on any atom is 0.255 e. The normalized spacial score (nSPS) is 22.9. The molecular formula is C14H19N5O. The molecule has 0 radical (unpaired) electrons. The molecule has 1 aliphatic rings. The largest absolute Gasteiger partial charge is 0.352 e. The summed E-state index contributed by atoms with van der Waals surface area (Å²) < 4.78 is 1.66. The van der Waals surface area contributed by atoms with Gasteiger partial charge in [-0.2, -0.15) is 5.10 Å². The van der Waals surface area contributed by atoms with Crippen molar-refractivity contribution in [2.75, 3.05) is 19.6 Å². The lowest BCUT2D eigenvalue weighted by Gasteiger charge is -2.29. The fourth-order valence-electron chi connectivity index (χ4n) is 2.66. The zero-order valence-electron chi connectivity index (χ0n) is 11.5. The Kier molecular flexibility index (Phi) is 3.64. The third-order valence-corrected chi connectivity index (χ3v) is 4.08. The fraction of sp³-hybridized carbons (Fsp3) is 0.500. The van der Waals surface area contributed by atoms with E-state index in [4.69, 9.17) is 0 Å². The van der Waals surface area contributed by atoms with Crippen LogP contribution in [0.15, 0.2) is 24.8 Å². The van der Waals surface area contributed by atoms with Gasteiger partial charge in [-0.15, -0.1) is 0 Å². The summed E-state index contributed by atoms with van der Waals surface area (Å²) in [5, 5.41) is 10.5. The van der Waals surface area contributed by atoms with Crippen LogP contribution in [0.4, 0.5) is 0 Å². The van der Waals surface area contributed by atoms with Crippen molar-refractivity contribution >= 4 is 11.4 Å². The van der Waals surface area contributed by atoms with E-state index in [1.807, 2.05) is 0 Å². The SMILES string of the molecule is CC1CCNCC1CNC(=O)c1cnn2ccncc12. The Labute approximate surface area is 117 Å². The zero-order valence-corrected chi connectivity index (χ0v) is 11.5. The van der Waals surface area contributed by atoms with Crippen molar-refractivity contribution in [2.45, 2.75) is 13.3 Å². The van der Waals surface area contributed by atoms with Crippen LogP contribution in [0.3, 0.4) is 0 Å². The minimum atomic E-state index is -0.0780. The van der Waals surface area contributed by atoms with Gasteiger partial charge in [0.2, 0.25) is 0 Å². The number of hydrogen-bond acceptors (Lipinski definition) is 4. The van der Waals surface area contributed by atoms with Gasteiger partial charge >= 0.3 is 0 Å². The molecule has 1 aliphatic heterocycles. The number of amides is 1. The zero-order chi connectivity index (χ0) is 13.9. The number of rotatable bonds is 3. The van der Waals surface area contributed by atoms with Crippen LogP contribution in [0.5, 0.6) is 0 Å². The summed E-state index contributed by atoms with van der Waals surface area (Å²) in [5.41, 5.74) is 1.31. The van der Waals surface area contributed by atoms with Gasteiger partial charge in [-0.25, -0.2) is 4.52 Å². The van der Waals surface area contributed by atoms with Gasteiger partial charge in [0.15, 0.2) is 0 Å². The quantitative estimate of drug-likeness (QED) is 0.864. The van der Waals surface area contributed by atoms with Gasteiger partial charge in [0.1, 0.15) is 0 Å². The molecule has 1 saturated heterocycles. The minimum absolute atomic E-state index is 0.0780. The molecule has 2 N–H and O–H groups in total. The van der Waals surface area contributed by atoms with Gasteiger partial charge < -0.3 is 10.6 Å². The molecule has 0 saturated carbocycles. The Bertz CT molecular complexity index is 608. The van der Waals surface area contributed by atoms with E-state index in [0.29, 0.717) is 23.9 Å². The topological polar surface area (TPSA) is 71.3 Å². The third-order valence-electron chi connectivity index (χ3n) is 4.08. The van der Waals surface area contributed by atoms with E-state index in [-0.39, 0.29) is 5.91 Å². The highest BCUT2D eigenvalue weighted by Crippen LogP contribution is 2.17. The number of fused-ring (bicyclic) bond motifs is 1. The molecule has 6 heteroatoms. The van der Waals surface area contributed by atoms with Crippen molar-refractivity contribution < 1.29 is 4.79 Å². The van der Waals surface area contributed by atoms with Crippen LogP contribution >= 0.6 is 0 Å². The summed E-state index contributed by atoms with van der Waals surface area (Å²) in [6.07, 6.45) is 7.80. The Hall–Kier alpha value is -1.95. The number of carbonyl (C=O) groups excluding carboxylic acids is 1. The molecule has 3 rings (SSSR count). The average molecular weight is 273 g/mol. The number of piperidine rings is 1. The average Bonchev–Trinajstić information content (AvgIpc) is 2.90. The molecule has 2 atom stereocenters. The first kappa shape index (κ1) is 13.1. The maximum absolute atomic E-state index is 12.3. The Morgan fingerprint density at radius 2 is 2.45 bits per heavy atom. The van der Waals surface area contributed by atoms with Crippen molar-refractivity contribution in [3.63, 3.8) is 0 Å². The van der Waals surface area contributed by atoms with Gasteiger partial charge in [-0.05, 0) is 31.3 Å². The third kappa shape index (κ3) is 2.51. The molecule has 0 spiro atoms. The molecule has 3 heterocycles. The lowest BCUT2D eigenvalue weighted by atomic mass is 9.88. The van der Waals surface area contributed by atoms with Crippen molar-refractivity contribution in [3.05, 3.63) is 30.4 Å². The fourth-order valence-corrected chi connectivity index (χ4v) is 2.66. The van der Waals surface area contributed by atoms with Crippen LogP contribution in [-0.4, -0.2) is 40.1 Å². The van der Waals surface area contributed by atoms with E-state index in [1.54, 1.807) is 29.3 Å². The summed E-state index contributed by atoms with van der Waals surface area (Å²) in [6, 6.07) is 0. The number of aromatic nitrogens is 3. The number of carbonyl (C=O) groups is 1. The first-order chi connectivity index (χ1) is 9.75. The van der Waals surface area contributed by atoms with Crippen LogP contribution < -0.4 is 10.6 Å². The molecule has 6 nitrogen and oxygen atoms in total.